The first-order valence-electron chi connectivity index (χ1n) is 4.78. The first kappa shape index (κ1) is 10.9. The summed E-state index contributed by atoms with van der Waals surface area (Å²) >= 11 is 0. The molecule has 1 aliphatic carbocycles. The van der Waals surface area contributed by atoms with Crippen LogP contribution in [0.3, 0.4) is 0 Å². The van der Waals surface area contributed by atoms with E-state index in [9.17, 15) is 18.0 Å². The molecule has 2 rings (SSSR count). The van der Waals surface area contributed by atoms with Gasteiger partial charge >= 0.3 is 6.18 Å². The van der Waals surface area contributed by atoms with E-state index >= 15 is 0 Å². The number of Topliss-reactive ketones (excluding diaryl/α,β-unsaturated/α-hetero) is 1. The molecule has 0 amide bonds. The Kier molecular flexibility index (Phi) is 2.50. The van der Waals surface area contributed by atoms with E-state index in [2.05, 4.69) is 0 Å². The maximum Gasteiger partial charge on any atom is 0.392 e. The van der Waals surface area contributed by atoms with Crippen molar-refractivity contribution in [2.24, 2.45) is 5.92 Å². The molecule has 15 heavy (non-hydrogen) atoms. The highest BCUT2D eigenvalue weighted by molar-refractivity contribution is 5.80. The number of hydrogen-bond donors (Lipinski definition) is 0. The van der Waals surface area contributed by atoms with Gasteiger partial charge in [0.2, 0.25) is 0 Å². The Balaban J connectivity index is 2.14. The van der Waals surface area contributed by atoms with Gasteiger partial charge in [0.05, 0.1) is 25.6 Å². The van der Waals surface area contributed by atoms with Gasteiger partial charge in [-0.05, 0) is 0 Å². The predicted octanol–water partition coefficient (Wildman–Crippen LogP) is 1.66. The van der Waals surface area contributed by atoms with E-state index in [4.69, 9.17) is 9.47 Å². The van der Waals surface area contributed by atoms with Gasteiger partial charge < -0.3 is 9.47 Å². The van der Waals surface area contributed by atoms with Crippen LogP contribution >= 0.6 is 0 Å². The fourth-order valence-electron chi connectivity index (χ4n) is 2.12. The first-order chi connectivity index (χ1) is 6.91. The number of alkyl halides is 3. The van der Waals surface area contributed by atoms with Crippen molar-refractivity contribution in [1.82, 2.24) is 0 Å². The highest BCUT2D eigenvalue weighted by Crippen LogP contribution is 2.43. The predicted molar refractivity (Wildman–Crippen MR) is 43.0 cm³/mol. The van der Waals surface area contributed by atoms with E-state index in [-0.39, 0.29) is 26.1 Å². The van der Waals surface area contributed by atoms with Crippen LogP contribution in [0.25, 0.3) is 0 Å². The zero-order valence-corrected chi connectivity index (χ0v) is 7.97. The molecule has 86 valence electrons. The van der Waals surface area contributed by atoms with Crippen molar-refractivity contribution in [2.45, 2.75) is 31.2 Å². The summed E-state index contributed by atoms with van der Waals surface area (Å²) in [4.78, 5) is 11.2. The smallest absolute Gasteiger partial charge is 0.347 e. The summed E-state index contributed by atoms with van der Waals surface area (Å²) in [6, 6.07) is 0. The Bertz CT molecular complexity index is 268. The number of halogens is 3. The van der Waals surface area contributed by atoms with Gasteiger partial charge in [0.15, 0.2) is 5.79 Å². The molecule has 1 saturated heterocycles. The van der Waals surface area contributed by atoms with Crippen LogP contribution in [-0.2, 0) is 14.3 Å². The van der Waals surface area contributed by atoms with Crippen molar-refractivity contribution in [3.8, 4) is 0 Å². The second-order valence-corrected chi connectivity index (χ2v) is 3.97. The summed E-state index contributed by atoms with van der Waals surface area (Å²) in [6.45, 7) is 0.524. The van der Waals surface area contributed by atoms with Crippen molar-refractivity contribution in [1.29, 1.82) is 0 Å². The Hall–Kier alpha value is -0.620. The molecule has 0 aromatic carbocycles. The molecule has 3 nitrogen and oxygen atoms in total. The van der Waals surface area contributed by atoms with Gasteiger partial charge in [0, 0.05) is 12.8 Å². The molecule has 1 atom stereocenters. The van der Waals surface area contributed by atoms with Crippen LogP contribution in [0, 0.1) is 5.92 Å². The molecule has 2 fully saturated rings. The third kappa shape index (κ3) is 2.15. The minimum Gasteiger partial charge on any atom is -0.347 e. The van der Waals surface area contributed by atoms with E-state index in [1.807, 2.05) is 0 Å². The zero-order valence-electron chi connectivity index (χ0n) is 7.97. The summed E-state index contributed by atoms with van der Waals surface area (Å²) in [7, 11) is 0. The van der Waals surface area contributed by atoms with Gasteiger partial charge in [0.1, 0.15) is 5.78 Å². The van der Waals surface area contributed by atoms with Crippen molar-refractivity contribution in [3.05, 3.63) is 0 Å². The molecule has 6 heteroatoms. The van der Waals surface area contributed by atoms with Crippen LogP contribution in [0.4, 0.5) is 13.2 Å². The highest BCUT2D eigenvalue weighted by Gasteiger charge is 2.52. The van der Waals surface area contributed by atoms with Crippen molar-refractivity contribution < 1.29 is 27.4 Å². The van der Waals surface area contributed by atoms with Gasteiger partial charge in [-0.1, -0.05) is 0 Å². The maximum atomic E-state index is 12.5. The second kappa shape index (κ2) is 3.45. The quantitative estimate of drug-likeness (QED) is 0.627. The van der Waals surface area contributed by atoms with Gasteiger partial charge in [0.25, 0.3) is 0 Å². The lowest BCUT2D eigenvalue weighted by atomic mass is 9.83. The molecule has 1 spiro atoms. The molecule has 0 aromatic rings. The standard InChI is InChI=1S/C9H11F3O3/c10-9(11,12)6-3-7(13)5-8(4-6)14-1-2-15-8/h6H,1-5H2/t6-/m0/s1. The summed E-state index contributed by atoms with van der Waals surface area (Å²) in [5, 5.41) is 0. The Morgan fingerprint density at radius 2 is 1.87 bits per heavy atom. The van der Waals surface area contributed by atoms with Crippen LogP contribution in [0.5, 0.6) is 0 Å². The lowest BCUT2D eigenvalue weighted by Gasteiger charge is -2.35. The van der Waals surface area contributed by atoms with Gasteiger partial charge in [-0.25, -0.2) is 0 Å². The van der Waals surface area contributed by atoms with Gasteiger partial charge in [-0.3, -0.25) is 4.79 Å². The molecule has 2 aliphatic rings. The lowest BCUT2D eigenvalue weighted by molar-refractivity contribution is -0.238. The summed E-state index contributed by atoms with van der Waals surface area (Å²) in [5.74, 6) is -3.36. The third-order valence-electron chi connectivity index (χ3n) is 2.77. The fraction of sp³-hybridized carbons (Fsp3) is 0.889. The molecule has 0 unspecified atom stereocenters. The zero-order chi connectivity index (χ0) is 11.1. The van der Waals surface area contributed by atoms with Crippen molar-refractivity contribution in [3.63, 3.8) is 0 Å². The SMILES string of the molecule is O=C1C[C@H](C(F)(F)F)CC2(C1)OCCO2. The molecule has 1 saturated carbocycles. The van der Waals surface area contributed by atoms with Gasteiger partial charge in [-0.2, -0.15) is 13.2 Å². The Labute approximate surface area is 84.5 Å². The van der Waals surface area contributed by atoms with E-state index in [0.717, 1.165) is 0 Å². The number of carbonyl (C=O) groups excluding carboxylic acids is 1. The van der Waals surface area contributed by atoms with E-state index < -0.39 is 30.1 Å². The van der Waals surface area contributed by atoms with Crippen LogP contribution in [0.15, 0.2) is 0 Å². The van der Waals surface area contributed by atoms with E-state index in [1.54, 1.807) is 0 Å². The first-order valence-corrected chi connectivity index (χ1v) is 4.78. The minimum atomic E-state index is -4.35. The monoisotopic (exact) mass is 224 g/mol. The topological polar surface area (TPSA) is 35.5 Å². The third-order valence-corrected chi connectivity index (χ3v) is 2.77. The molecule has 0 aromatic heterocycles. The average Bonchev–Trinajstić information content (AvgIpc) is 2.50. The Morgan fingerprint density at radius 3 is 2.40 bits per heavy atom. The average molecular weight is 224 g/mol. The number of rotatable bonds is 0. The minimum absolute atomic E-state index is 0.0560. The van der Waals surface area contributed by atoms with Crippen LogP contribution in [-0.4, -0.2) is 31.0 Å². The fourth-order valence-corrected chi connectivity index (χ4v) is 2.12. The number of ketones is 1. The van der Waals surface area contributed by atoms with E-state index in [0.29, 0.717) is 0 Å². The second-order valence-electron chi connectivity index (χ2n) is 3.97. The molecule has 0 N–H and O–H groups in total. The van der Waals surface area contributed by atoms with Crippen LogP contribution < -0.4 is 0 Å². The molecular formula is C9H11F3O3. The van der Waals surface area contributed by atoms with Crippen molar-refractivity contribution >= 4 is 5.78 Å². The Morgan fingerprint density at radius 1 is 1.27 bits per heavy atom. The largest absolute Gasteiger partial charge is 0.392 e. The van der Waals surface area contributed by atoms with Crippen LogP contribution in [0.1, 0.15) is 19.3 Å². The summed E-state index contributed by atoms with van der Waals surface area (Å²) in [6.07, 6.45) is -5.11. The summed E-state index contributed by atoms with van der Waals surface area (Å²) < 4.78 is 47.7. The molecule has 1 heterocycles. The highest BCUT2D eigenvalue weighted by atomic mass is 19.4. The van der Waals surface area contributed by atoms with Crippen molar-refractivity contribution in [2.75, 3.05) is 13.2 Å². The lowest BCUT2D eigenvalue weighted by Crippen LogP contribution is -2.44. The number of carbonyl (C=O) groups is 1. The van der Waals surface area contributed by atoms with E-state index in [1.165, 1.54) is 0 Å². The maximum absolute atomic E-state index is 12.5. The molecule has 0 bridgehead atoms. The van der Waals surface area contributed by atoms with Crippen LogP contribution in [0.2, 0.25) is 0 Å². The number of ether oxygens (including phenoxy) is 2. The summed E-state index contributed by atoms with van der Waals surface area (Å²) in [5.41, 5.74) is 0. The molecule has 0 radical (unpaired) electrons. The normalized spacial score (nSPS) is 31.1. The number of hydrogen-bond acceptors (Lipinski definition) is 3. The van der Waals surface area contributed by atoms with Gasteiger partial charge in [-0.15, -0.1) is 0 Å². The molecule has 1 aliphatic heterocycles. The molecular weight excluding hydrogens is 213 g/mol.